The Kier molecular flexibility index (Phi) is 4.87. The molecule has 5 nitrogen and oxygen atoms in total. The number of pyridine rings is 1. The van der Waals surface area contributed by atoms with Crippen molar-refractivity contribution in [1.29, 1.82) is 0 Å². The molecule has 0 saturated carbocycles. The lowest BCUT2D eigenvalue weighted by Crippen LogP contribution is -2.31. The van der Waals surface area contributed by atoms with Crippen LogP contribution in [0.3, 0.4) is 0 Å². The number of carbonyl (C=O) groups excluding carboxylic acids is 2. The summed E-state index contributed by atoms with van der Waals surface area (Å²) in [6.07, 6.45) is 5.17. The Balaban J connectivity index is 2.92. The number of nitrogens with two attached hydrogens (primary N) is 1. The maximum Gasteiger partial charge on any atom is 0.357 e. The SMILES string of the molecule is C#CCC(OC(=O)c1cccc(C(N)=O)n1)C(C)(C)C. The molecule has 0 fully saturated rings. The van der Waals surface area contributed by atoms with Crippen LogP contribution in [0.1, 0.15) is 48.2 Å². The first-order valence-corrected chi connectivity index (χ1v) is 6.17. The highest BCUT2D eigenvalue weighted by molar-refractivity contribution is 5.93. The molecule has 1 rings (SSSR count). The van der Waals surface area contributed by atoms with E-state index in [2.05, 4.69) is 10.9 Å². The zero-order valence-corrected chi connectivity index (χ0v) is 11.8. The van der Waals surface area contributed by atoms with Crippen molar-refractivity contribution in [1.82, 2.24) is 4.98 Å². The summed E-state index contributed by atoms with van der Waals surface area (Å²) < 4.78 is 5.38. The fourth-order valence-corrected chi connectivity index (χ4v) is 1.51. The molecule has 20 heavy (non-hydrogen) atoms. The van der Waals surface area contributed by atoms with Crippen LogP contribution < -0.4 is 5.73 Å². The number of esters is 1. The maximum absolute atomic E-state index is 12.0. The lowest BCUT2D eigenvalue weighted by molar-refractivity contribution is -0.00114. The Morgan fingerprint density at radius 2 is 2.00 bits per heavy atom. The van der Waals surface area contributed by atoms with Crippen molar-refractivity contribution >= 4 is 11.9 Å². The Morgan fingerprint density at radius 3 is 2.50 bits per heavy atom. The highest BCUT2D eigenvalue weighted by Gasteiger charge is 2.28. The van der Waals surface area contributed by atoms with Crippen LogP contribution in [-0.4, -0.2) is 23.0 Å². The normalized spacial score (nSPS) is 12.3. The molecule has 1 unspecified atom stereocenters. The van der Waals surface area contributed by atoms with Crippen molar-refractivity contribution in [2.45, 2.75) is 33.3 Å². The predicted molar refractivity (Wildman–Crippen MR) is 74.9 cm³/mol. The van der Waals surface area contributed by atoms with Gasteiger partial charge < -0.3 is 10.5 Å². The lowest BCUT2D eigenvalue weighted by atomic mass is 9.87. The zero-order chi connectivity index (χ0) is 15.3. The Bertz CT molecular complexity index is 553. The summed E-state index contributed by atoms with van der Waals surface area (Å²) in [7, 11) is 0. The number of primary amides is 1. The van der Waals surface area contributed by atoms with Crippen LogP contribution in [0.15, 0.2) is 18.2 Å². The predicted octanol–water partition coefficient (Wildman–Crippen LogP) is 1.78. The van der Waals surface area contributed by atoms with Crippen LogP contribution >= 0.6 is 0 Å². The number of rotatable bonds is 4. The molecule has 1 amide bonds. The molecule has 1 aromatic heterocycles. The van der Waals surface area contributed by atoms with Crippen molar-refractivity contribution in [3.8, 4) is 12.3 Å². The van der Waals surface area contributed by atoms with Crippen LogP contribution in [0, 0.1) is 17.8 Å². The van der Waals surface area contributed by atoms with Crippen LogP contribution in [0.4, 0.5) is 0 Å². The minimum atomic E-state index is -0.698. The fraction of sp³-hybridized carbons (Fsp3) is 0.400. The van der Waals surface area contributed by atoms with E-state index in [1.54, 1.807) is 0 Å². The summed E-state index contributed by atoms with van der Waals surface area (Å²) >= 11 is 0. The monoisotopic (exact) mass is 274 g/mol. The number of hydrogen-bond acceptors (Lipinski definition) is 4. The van der Waals surface area contributed by atoms with E-state index in [1.165, 1.54) is 18.2 Å². The Labute approximate surface area is 118 Å². The molecule has 5 heteroatoms. The van der Waals surface area contributed by atoms with Gasteiger partial charge in [0.2, 0.25) is 0 Å². The second-order valence-corrected chi connectivity index (χ2v) is 5.44. The molecule has 0 radical (unpaired) electrons. The van der Waals surface area contributed by atoms with Gasteiger partial charge in [0.1, 0.15) is 17.5 Å². The van der Waals surface area contributed by atoms with Crippen molar-refractivity contribution in [2.75, 3.05) is 0 Å². The van der Waals surface area contributed by atoms with E-state index in [-0.39, 0.29) is 16.8 Å². The van der Waals surface area contributed by atoms with Gasteiger partial charge in [-0.2, -0.15) is 0 Å². The van der Waals surface area contributed by atoms with Gasteiger partial charge in [-0.25, -0.2) is 9.78 Å². The number of aromatic nitrogens is 1. The lowest BCUT2D eigenvalue weighted by Gasteiger charge is -2.28. The van der Waals surface area contributed by atoms with Gasteiger partial charge in [0.25, 0.3) is 5.91 Å². The molecule has 2 N–H and O–H groups in total. The molecular weight excluding hydrogens is 256 g/mol. The van der Waals surface area contributed by atoms with Crippen molar-refractivity contribution < 1.29 is 14.3 Å². The van der Waals surface area contributed by atoms with E-state index in [4.69, 9.17) is 16.9 Å². The first kappa shape index (κ1) is 15.7. The standard InChI is InChI=1S/C15H18N2O3/c1-5-7-12(15(2,3)4)20-14(19)11-9-6-8-10(17-11)13(16)18/h1,6,8-9,12H,7H2,2-4H3,(H2,16,18). The van der Waals surface area contributed by atoms with E-state index >= 15 is 0 Å². The first-order chi connectivity index (χ1) is 9.25. The summed E-state index contributed by atoms with van der Waals surface area (Å²) in [6.45, 7) is 5.78. The second-order valence-electron chi connectivity index (χ2n) is 5.44. The van der Waals surface area contributed by atoms with Crippen molar-refractivity contribution in [3.63, 3.8) is 0 Å². The van der Waals surface area contributed by atoms with E-state index in [0.717, 1.165) is 0 Å². The van der Waals surface area contributed by atoms with Crippen LogP contribution in [0.2, 0.25) is 0 Å². The maximum atomic E-state index is 12.0. The summed E-state index contributed by atoms with van der Waals surface area (Å²) in [5.74, 6) is 1.17. The highest BCUT2D eigenvalue weighted by Crippen LogP contribution is 2.25. The number of ether oxygens (including phenoxy) is 1. The number of terminal acetylenes is 1. The van der Waals surface area contributed by atoms with Crippen LogP contribution in [-0.2, 0) is 4.74 Å². The molecule has 0 saturated heterocycles. The molecule has 106 valence electrons. The topological polar surface area (TPSA) is 82.3 Å². The third kappa shape index (κ3) is 4.09. The third-order valence-corrected chi connectivity index (χ3v) is 2.73. The molecule has 0 aliphatic carbocycles. The van der Waals surface area contributed by atoms with E-state index < -0.39 is 18.0 Å². The molecule has 0 bridgehead atoms. The van der Waals surface area contributed by atoms with Gasteiger partial charge in [-0.05, 0) is 17.5 Å². The number of carbonyl (C=O) groups is 2. The average Bonchev–Trinajstić information content (AvgIpc) is 2.37. The van der Waals surface area contributed by atoms with Gasteiger partial charge in [0, 0.05) is 6.42 Å². The summed E-state index contributed by atoms with van der Waals surface area (Å²) in [5, 5.41) is 0. The minimum absolute atomic E-state index is 0.0173. The van der Waals surface area contributed by atoms with Gasteiger partial charge in [-0.15, -0.1) is 12.3 Å². The number of nitrogens with zero attached hydrogens (tertiary/aromatic N) is 1. The minimum Gasteiger partial charge on any atom is -0.456 e. The van der Waals surface area contributed by atoms with Gasteiger partial charge in [-0.3, -0.25) is 4.79 Å². The smallest absolute Gasteiger partial charge is 0.357 e. The number of hydrogen-bond donors (Lipinski definition) is 1. The van der Waals surface area contributed by atoms with Gasteiger partial charge >= 0.3 is 5.97 Å². The van der Waals surface area contributed by atoms with E-state index in [1.807, 2.05) is 20.8 Å². The van der Waals surface area contributed by atoms with Crippen molar-refractivity contribution in [2.24, 2.45) is 11.1 Å². The zero-order valence-electron chi connectivity index (χ0n) is 11.8. The third-order valence-electron chi connectivity index (χ3n) is 2.73. The molecule has 0 aliphatic heterocycles. The summed E-state index contributed by atoms with van der Waals surface area (Å²) in [4.78, 5) is 27.0. The van der Waals surface area contributed by atoms with Crippen LogP contribution in [0.25, 0.3) is 0 Å². The molecule has 0 aliphatic rings. The summed E-state index contributed by atoms with van der Waals surface area (Å²) in [6, 6.07) is 4.42. The average molecular weight is 274 g/mol. The van der Waals surface area contributed by atoms with E-state index in [9.17, 15) is 9.59 Å². The molecular formula is C15H18N2O3. The molecule has 1 heterocycles. The molecule has 1 atom stereocenters. The van der Waals surface area contributed by atoms with E-state index in [0.29, 0.717) is 6.42 Å². The van der Waals surface area contributed by atoms with Crippen LogP contribution in [0.5, 0.6) is 0 Å². The second kappa shape index (κ2) is 6.20. The quantitative estimate of drug-likeness (QED) is 0.670. The highest BCUT2D eigenvalue weighted by atomic mass is 16.5. The van der Waals surface area contributed by atoms with Gasteiger partial charge in [0.05, 0.1) is 0 Å². The molecule has 1 aromatic rings. The van der Waals surface area contributed by atoms with Crippen molar-refractivity contribution in [3.05, 3.63) is 29.6 Å². The Morgan fingerprint density at radius 1 is 1.40 bits per heavy atom. The largest absolute Gasteiger partial charge is 0.456 e. The number of amides is 1. The molecule has 0 spiro atoms. The summed E-state index contributed by atoms with van der Waals surface area (Å²) in [5.41, 5.74) is 4.88. The Hall–Kier alpha value is -2.35. The molecule has 0 aromatic carbocycles. The first-order valence-electron chi connectivity index (χ1n) is 6.17. The van der Waals surface area contributed by atoms with Gasteiger partial charge in [-0.1, -0.05) is 26.8 Å². The fourth-order valence-electron chi connectivity index (χ4n) is 1.51. The van der Waals surface area contributed by atoms with Gasteiger partial charge in [0.15, 0.2) is 0 Å².